The smallest absolute Gasteiger partial charge is 0.778 e. The molecular formula is C20H27N3Na2O8P2. The van der Waals surface area contributed by atoms with Crippen LogP contribution in [-0.2, 0) is 15.6 Å². The van der Waals surface area contributed by atoms with Gasteiger partial charge in [0.25, 0.3) is 0 Å². The third kappa shape index (κ3) is 16.3. The van der Waals surface area contributed by atoms with Gasteiger partial charge in [-0.2, -0.15) is 5.10 Å². The summed E-state index contributed by atoms with van der Waals surface area (Å²) >= 11 is 0. The van der Waals surface area contributed by atoms with Gasteiger partial charge < -0.3 is 43.2 Å². The van der Waals surface area contributed by atoms with E-state index in [-0.39, 0.29) is 72.5 Å². The minimum absolute atomic E-state index is 0. The number of hydrazone groups is 1. The third-order valence-electron chi connectivity index (χ3n) is 4.17. The second-order valence-electron chi connectivity index (χ2n) is 7.41. The van der Waals surface area contributed by atoms with Crippen molar-refractivity contribution in [1.29, 1.82) is 0 Å². The van der Waals surface area contributed by atoms with Gasteiger partial charge in [-0.05, 0) is 53.9 Å². The van der Waals surface area contributed by atoms with E-state index in [9.17, 15) is 18.9 Å². The maximum absolute atomic E-state index is 11.1. The summed E-state index contributed by atoms with van der Waals surface area (Å²) in [4.78, 5) is 41.1. The van der Waals surface area contributed by atoms with Crippen molar-refractivity contribution in [2.24, 2.45) is 5.10 Å². The molecule has 182 valence electrons. The molecule has 2 aromatic carbocycles. The molecule has 0 aliphatic heterocycles. The van der Waals surface area contributed by atoms with Gasteiger partial charge in [-0.15, -0.1) is 0 Å². The maximum Gasteiger partial charge on any atom is 1.00 e. The Balaban J connectivity index is 0.00000578. The van der Waals surface area contributed by atoms with Crippen molar-refractivity contribution >= 4 is 21.4 Å². The number of hydrogen-bond acceptors (Lipinski definition) is 9. The molecule has 15 heteroatoms. The van der Waals surface area contributed by atoms with Gasteiger partial charge in [-0.25, -0.2) is 0 Å². The quantitative estimate of drug-likeness (QED) is 0.0820. The monoisotopic (exact) mass is 545 g/mol. The molecule has 35 heavy (non-hydrogen) atoms. The molecule has 0 bridgehead atoms. The molecule has 2 unspecified atom stereocenters. The molecule has 2 N–H and O–H groups in total. The molecule has 2 aromatic rings. The number of benzene rings is 2. The molecule has 0 spiro atoms. The molecule has 0 aliphatic carbocycles. The van der Waals surface area contributed by atoms with E-state index in [1.165, 1.54) is 0 Å². The van der Waals surface area contributed by atoms with E-state index < -0.39 is 27.8 Å². The average molecular weight is 545 g/mol. The number of nitrogens with zero attached hydrogens (tertiary/aromatic N) is 3. The topological polar surface area (TPSA) is 158 Å². The Bertz CT molecular complexity index is 974. The van der Waals surface area contributed by atoms with Gasteiger partial charge in [0.2, 0.25) is 6.79 Å². The van der Waals surface area contributed by atoms with Gasteiger partial charge in [0.05, 0.1) is 18.8 Å². The molecule has 0 amide bonds. The SMILES string of the molecule is CN(C)/N=C/c1ccc(OCOc2ccc(CCN(CP(=O)([O-])O)CP(=O)([O-])O)cc2)cc1.[Na+].[Na+]. The van der Waals surface area contributed by atoms with Crippen molar-refractivity contribution in [2.75, 3.05) is 40.0 Å². The molecule has 2 atom stereocenters. The Morgan fingerprint density at radius 1 is 0.886 bits per heavy atom. The zero-order chi connectivity index (χ0) is 24.5. The Kier molecular flexibility index (Phi) is 16.5. The molecular weight excluding hydrogens is 518 g/mol. The largest absolute Gasteiger partial charge is 1.00 e. The van der Waals surface area contributed by atoms with E-state index in [1.807, 2.05) is 26.2 Å². The summed E-state index contributed by atoms with van der Waals surface area (Å²) in [5.74, 6) is 1.18. The zero-order valence-electron chi connectivity index (χ0n) is 20.3. The molecule has 2 rings (SSSR count). The minimum atomic E-state index is -4.72. The molecule has 0 saturated heterocycles. The predicted octanol–water partition coefficient (Wildman–Crippen LogP) is -5.14. The number of ether oxygens (including phenoxy) is 2. The summed E-state index contributed by atoms with van der Waals surface area (Å²) in [7, 11) is -5.78. The number of hydrogen-bond donors (Lipinski definition) is 2. The van der Waals surface area contributed by atoms with Gasteiger partial charge >= 0.3 is 59.1 Å². The van der Waals surface area contributed by atoms with Gasteiger partial charge in [0.15, 0.2) is 0 Å². The third-order valence-corrected chi connectivity index (χ3v) is 5.68. The summed E-state index contributed by atoms with van der Waals surface area (Å²) in [6.45, 7) is -0.0129. The Morgan fingerprint density at radius 2 is 1.34 bits per heavy atom. The first kappa shape index (κ1) is 34.8. The average Bonchev–Trinajstić information content (AvgIpc) is 2.70. The van der Waals surface area contributed by atoms with Crippen LogP contribution < -0.4 is 78.4 Å². The van der Waals surface area contributed by atoms with E-state index in [1.54, 1.807) is 47.6 Å². The fourth-order valence-corrected chi connectivity index (χ4v) is 4.38. The first-order valence-corrected chi connectivity index (χ1v) is 13.4. The molecule has 0 aromatic heterocycles. The van der Waals surface area contributed by atoms with Crippen molar-refractivity contribution in [2.45, 2.75) is 6.42 Å². The van der Waals surface area contributed by atoms with Gasteiger partial charge in [0, 0.05) is 20.6 Å². The Morgan fingerprint density at radius 3 is 1.77 bits per heavy atom. The predicted molar refractivity (Wildman–Crippen MR) is 120 cm³/mol. The summed E-state index contributed by atoms with van der Waals surface area (Å²) in [5.41, 5.74) is 1.71. The summed E-state index contributed by atoms with van der Waals surface area (Å²) in [5, 5.41) is 5.85. The first-order valence-electron chi connectivity index (χ1n) is 9.83. The zero-order valence-corrected chi connectivity index (χ0v) is 26.1. The van der Waals surface area contributed by atoms with E-state index in [0.29, 0.717) is 17.9 Å². The van der Waals surface area contributed by atoms with Crippen LogP contribution in [0.2, 0.25) is 0 Å². The molecule has 0 aliphatic rings. The van der Waals surface area contributed by atoms with E-state index in [4.69, 9.17) is 19.3 Å². The molecule has 0 radical (unpaired) electrons. The van der Waals surface area contributed by atoms with Crippen molar-refractivity contribution in [3.63, 3.8) is 0 Å². The normalized spacial score (nSPS) is 14.4. The second kappa shape index (κ2) is 16.6. The van der Waals surface area contributed by atoms with Crippen molar-refractivity contribution < 1.29 is 97.3 Å². The van der Waals surface area contributed by atoms with Crippen molar-refractivity contribution in [3.8, 4) is 11.5 Å². The van der Waals surface area contributed by atoms with E-state index in [0.717, 1.165) is 16.0 Å². The van der Waals surface area contributed by atoms with Crippen LogP contribution in [0, 0.1) is 0 Å². The number of rotatable bonds is 13. The second-order valence-corrected chi connectivity index (χ2v) is 10.5. The van der Waals surface area contributed by atoms with Gasteiger partial charge in [0.1, 0.15) is 26.7 Å². The van der Waals surface area contributed by atoms with Crippen molar-refractivity contribution in [1.82, 2.24) is 9.91 Å². The van der Waals surface area contributed by atoms with Crippen LogP contribution in [0.3, 0.4) is 0 Å². The Labute approximate surface area is 249 Å². The summed E-state index contributed by atoms with van der Waals surface area (Å²) in [6, 6.07) is 14.2. The standard InChI is InChI=1S/C20H29N3O8P2.2Na/c1-22(2)21-13-18-5-9-20(10-6-18)31-16-30-19-7-3-17(4-8-19)11-12-23(14-32(24,25)26)15-33(27,28)29;;/h3-10,13H,11-12,14-16H2,1-2H3,(H2,24,25,26)(H2,27,28,29);;/q;2*+1/p-2/b21-13+;;. The van der Waals surface area contributed by atoms with Crippen LogP contribution in [0.5, 0.6) is 11.5 Å². The van der Waals surface area contributed by atoms with Crippen LogP contribution in [0.1, 0.15) is 11.1 Å². The van der Waals surface area contributed by atoms with Crippen LogP contribution in [0.25, 0.3) is 0 Å². The minimum Gasteiger partial charge on any atom is -0.778 e. The van der Waals surface area contributed by atoms with Crippen LogP contribution >= 0.6 is 15.2 Å². The van der Waals surface area contributed by atoms with Gasteiger partial charge in [-0.3, -0.25) is 4.90 Å². The summed E-state index contributed by atoms with van der Waals surface area (Å²) in [6.07, 6.45) is 0.275. The molecule has 0 fully saturated rings. The van der Waals surface area contributed by atoms with Crippen LogP contribution in [0.15, 0.2) is 53.6 Å². The molecule has 0 saturated carbocycles. The summed E-state index contributed by atoms with van der Waals surface area (Å²) < 4.78 is 33.3. The van der Waals surface area contributed by atoms with E-state index in [2.05, 4.69) is 5.10 Å². The molecule has 0 heterocycles. The van der Waals surface area contributed by atoms with E-state index >= 15 is 0 Å². The molecule has 11 nitrogen and oxygen atoms in total. The fourth-order valence-electron chi connectivity index (χ4n) is 2.73. The van der Waals surface area contributed by atoms with Crippen molar-refractivity contribution in [3.05, 3.63) is 59.7 Å². The van der Waals surface area contributed by atoms with Crippen LogP contribution in [-0.4, -0.2) is 65.9 Å². The fraction of sp³-hybridized carbons (Fsp3) is 0.350. The van der Waals surface area contributed by atoms with Crippen LogP contribution in [0.4, 0.5) is 0 Å². The first-order chi connectivity index (χ1) is 15.4. The Hall–Kier alpha value is -0.230. The maximum atomic E-state index is 11.1. The van der Waals surface area contributed by atoms with Gasteiger partial charge in [-0.1, -0.05) is 12.1 Å².